The third-order valence-electron chi connectivity index (χ3n) is 4.62. The Morgan fingerprint density at radius 3 is 2.76 bits per heavy atom. The number of fused-ring (bicyclic) bond motifs is 2. The minimum Gasteiger partial charge on any atom is -0.490 e. The highest BCUT2D eigenvalue weighted by Crippen LogP contribution is 2.36. The van der Waals surface area contributed by atoms with Crippen LogP contribution in [0.3, 0.4) is 0 Å². The predicted molar refractivity (Wildman–Crippen MR) is 113 cm³/mol. The number of hydrogen-bond donors (Lipinski definition) is 1. The largest absolute Gasteiger partial charge is 0.490 e. The minimum atomic E-state index is -0.634. The third-order valence-corrected chi connectivity index (χ3v) is 5.11. The lowest BCUT2D eigenvalue weighted by atomic mass is 9.99. The highest BCUT2D eigenvalue weighted by atomic mass is 79.9. The van der Waals surface area contributed by atoms with Crippen molar-refractivity contribution in [1.29, 1.82) is 0 Å². The van der Waals surface area contributed by atoms with E-state index in [1.807, 2.05) is 6.92 Å². The monoisotopic (exact) mass is 455 g/mol. The lowest BCUT2D eigenvalue weighted by Crippen LogP contribution is -2.22. The van der Waals surface area contributed by atoms with Gasteiger partial charge < -0.3 is 19.2 Å². The quantitative estimate of drug-likeness (QED) is 0.558. The van der Waals surface area contributed by atoms with Gasteiger partial charge in [0.25, 0.3) is 5.91 Å². The van der Waals surface area contributed by atoms with Gasteiger partial charge in [0.2, 0.25) is 5.76 Å². The summed E-state index contributed by atoms with van der Waals surface area (Å²) in [5, 5.41) is 3.25. The van der Waals surface area contributed by atoms with Gasteiger partial charge in [0.1, 0.15) is 12.2 Å². The highest BCUT2D eigenvalue weighted by molar-refractivity contribution is 9.10. The summed E-state index contributed by atoms with van der Waals surface area (Å²) in [5.74, 6) is 0.716. The van der Waals surface area contributed by atoms with Gasteiger partial charge >= 0.3 is 0 Å². The smallest absolute Gasteiger partial charge is 0.288 e. The molecular weight excluding hydrogens is 438 g/mol. The zero-order valence-electron chi connectivity index (χ0n) is 15.7. The van der Waals surface area contributed by atoms with Crippen LogP contribution in [0.25, 0.3) is 11.0 Å². The first-order valence-electron chi connectivity index (χ1n) is 9.11. The number of hydrogen-bond acceptors (Lipinski definition) is 5. The van der Waals surface area contributed by atoms with Gasteiger partial charge in [0.05, 0.1) is 23.6 Å². The van der Waals surface area contributed by atoms with Gasteiger partial charge in [-0.05, 0) is 42.8 Å². The molecule has 1 N–H and O–H groups in total. The molecule has 0 saturated heterocycles. The second kappa shape index (κ2) is 7.75. The van der Waals surface area contributed by atoms with E-state index in [1.165, 1.54) is 0 Å². The SMILES string of the molecule is C=CCOc1ccc(C2NC(=O)c3oc4ccc(Br)cc4c(=O)c32)cc1OCC. The van der Waals surface area contributed by atoms with Crippen molar-refractivity contribution in [3.05, 3.63) is 80.6 Å². The maximum atomic E-state index is 13.2. The van der Waals surface area contributed by atoms with Crippen LogP contribution in [0.4, 0.5) is 0 Å². The van der Waals surface area contributed by atoms with Crippen molar-refractivity contribution >= 4 is 32.8 Å². The molecule has 1 aliphatic rings. The van der Waals surface area contributed by atoms with Crippen molar-refractivity contribution in [3.63, 3.8) is 0 Å². The third kappa shape index (κ3) is 3.42. The van der Waals surface area contributed by atoms with E-state index in [0.29, 0.717) is 46.8 Å². The van der Waals surface area contributed by atoms with E-state index in [2.05, 4.69) is 27.8 Å². The zero-order chi connectivity index (χ0) is 20.5. The fourth-order valence-corrected chi connectivity index (χ4v) is 3.73. The van der Waals surface area contributed by atoms with Crippen LogP contribution in [0.1, 0.15) is 34.6 Å². The molecule has 1 atom stereocenters. The van der Waals surface area contributed by atoms with Gasteiger partial charge in [-0.2, -0.15) is 0 Å². The van der Waals surface area contributed by atoms with Gasteiger partial charge in [-0.15, -0.1) is 0 Å². The molecule has 0 aliphatic carbocycles. The summed E-state index contributed by atoms with van der Waals surface area (Å²) in [7, 11) is 0. The number of amides is 1. The number of carbonyl (C=O) groups excluding carboxylic acids is 1. The van der Waals surface area contributed by atoms with Crippen LogP contribution in [-0.4, -0.2) is 19.1 Å². The van der Waals surface area contributed by atoms with Crippen LogP contribution in [0.5, 0.6) is 11.5 Å². The van der Waals surface area contributed by atoms with Crippen molar-refractivity contribution in [2.75, 3.05) is 13.2 Å². The van der Waals surface area contributed by atoms with E-state index in [0.717, 1.165) is 4.47 Å². The minimum absolute atomic E-state index is 0.0415. The Hall–Kier alpha value is -3.06. The summed E-state index contributed by atoms with van der Waals surface area (Å²) >= 11 is 3.37. The first kappa shape index (κ1) is 19.3. The first-order chi connectivity index (χ1) is 14.0. The number of halogens is 1. The Bertz CT molecular complexity index is 1180. The Labute approximate surface area is 175 Å². The van der Waals surface area contributed by atoms with Crippen molar-refractivity contribution in [3.8, 4) is 11.5 Å². The molecule has 2 heterocycles. The van der Waals surface area contributed by atoms with Crippen LogP contribution in [0.15, 0.2) is 62.7 Å². The normalized spacial score (nSPS) is 15.1. The van der Waals surface area contributed by atoms with Crippen molar-refractivity contribution < 1.29 is 18.7 Å². The standard InChI is InChI=1S/C22H18BrNO5/c1-3-9-28-16-7-5-12(10-17(16)27-4-2)19-18-20(25)14-11-13(23)6-8-15(14)29-21(18)22(26)24-19/h3,5-8,10-11,19H,1,4,9H2,2H3,(H,24,26). The van der Waals surface area contributed by atoms with Crippen LogP contribution < -0.4 is 20.2 Å². The molecule has 0 bridgehead atoms. The lowest BCUT2D eigenvalue weighted by molar-refractivity contribution is 0.0938. The fourth-order valence-electron chi connectivity index (χ4n) is 3.37. The van der Waals surface area contributed by atoms with E-state index < -0.39 is 11.9 Å². The molecule has 1 unspecified atom stereocenters. The molecule has 0 saturated carbocycles. The van der Waals surface area contributed by atoms with Gasteiger partial charge in [0, 0.05) is 4.47 Å². The van der Waals surface area contributed by atoms with Gasteiger partial charge in [-0.3, -0.25) is 9.59 Å². The average molecular weight is 456 g/mol. The molecular formula is C22H18BrNO5. The lowest BCUT2D eigenvalue weighted by Gasteiger charge is -2.16. The van der Waals surface area contributed by atoms with E-state index in [-0.39, 0.29) is 11.2 Å². The predicted octanol–water partition coefficient (Wildman–Crippen LogP) is 4.35. The molecule has 1 amide bonds. The first-order valence-corrected chi connectivity index (χ1v) is 9.90. The number of rotatable bonds is 6. The summed E-state index contributed by atoms with van der Waals surface area (Å²) in [6, 6.07) is 9.81. The van der Waals surface area contributed by atoms with Crippen molar-refractivity contribution in [1.82, 2.24) is 5.32 Å². The number of benzene rings is 2. The molecule has 1 aliphatic heterocycles. The van der Waals surface area contributed by atoms with Crippen LogP contribution in [0.2, 0.25) is 0 Å². The molecule has 29 heavy (non-hydrogen) atoms. The summed E-state index contributed by atoms with van der Waals surface area (Å²) in [5.41, 5.74) is 1.13. The van der Waals surface area contributed by atoms with Gasteiger partial charge in [0.15, 0.2) is 16.9 Å². The maximum absolute atomic E-state index is 13.2. The highest BCUT2D eigenvalue weighted by Gasteiger charge is 2.36. The number of carbonyl (C=O) groups is 1. The summed E-state index contributed by atoms with van der Waals surface area (Å²) in [4.78, 5) is 25.7. The fraction of sp³-hybridized carbons (Fsp3) is 0.182. The summed E-state index contributed by atoms with van der Waals surface area (Å²) in [6.45, 7) is 6.30. The molecule has 0 fully saturated rings. The molecule has 0 spiro atoms. The van der Waals surface area contributed by atoms with Crippen molar-refractivity contribution in [2.45, 2.75) is 13.0 Å². The molecule has 4 rings (SSSR count). The van der Waals surface area contributed by atoms with Crippen LogP contribution in [0, 0.1) is 0 Å². The Kier molecular flexibility index (Phi) is 5.15. The van der Waals surface area contributed by atoms with E-state index >= 15 is 0 Å². The Morgan fingerprint density at radius 1 is 1.17 bits per heavy atom. The van der Waals surface area contributed by atoms with E-state index in [9.17, 15) is 9.59 Å². The van der Waals surface area contributed by atoms with Gasteiger partial charge in [-0.25, -0.2) is 0 Å². The van der Waals surface area contributed by atoms with E-state index in [1.54, 1.807) is 42.5 Å². The summed E-state index contributed by atoms with van der Waals surface area (Å²) in [6.07, 6.45) is 1.64. The molecule has 148 valence electrons. The van der Waals surface area contributed by atoms with Crippen molar-refractivity contribution in [2.24, 2.45) is 0 Å². The van der Waals surface area contributed by atoms with Crippen LogP contribution in [-0.2, 0) is 0 Å². The molecule has 1 aromatic heterocycles. The molecule has 7 heteroatoms. The van der Waals surface area contributed by atoms with Gasteiger partial charge in [-0.1, -0.05) is 34.7 Å². The topological polar surface area (TPSA) is 77.8 Å². The average Bonchev–Trinajstić information content (AvgIpc) is 3.05. The molecule has 3 aromatic rings. The van der Waals surface area contributed by atoms with Crippen LogP contribution >= 0.6 is 15.9 Å². The Balaban J connectivity index is 1.84. The molecule has 2 aromatic carbocycles. The van der Waals surface area contributed by atoms with E-state index in [4.69, 9.17) is 13.9 Å². The summed E-state index contributed by atoms with van der Waals surface area (Å²) < 4.78 is 17.8. The Morgan fingerprint density at radius 2 is 2.00 bits per heavy atom. The second-order valence-electron chi connectivity index (χ2n) is 6.46. The number of ether oxygens (including phenoxy) is 2. The second-order valence-corrected chi connectivity index (χ2v) is 7.38. The maximum Gasteiger partial charge on any atom is 0.288 e. The molecule has 0 radical (unpaired) electrons. The number of nitrogens with one attached hydrogen (secondary N) is 1. The zero-order valence-corrected chi connectivity index (χ0v) is 17.2. The molecule has 6 nitrogen and oxygen atoms in total.